The van der Waals surface area contributed by atoms with Crippen molar-refractivity contribution in [3.05, 3.63) is 53.9 Å². The lowest BCUT2D eigenvalue weighted by atomic mass is 10.1. The molecule has 1 heterocycles. The molecule has 1 aromatic heterocycles. The van der Waals surface area contributed by atoms with Crippen LogP contribution in [0.3, 0.4) is 0 Å². The van der Waals surface area contributed by atoms with E-state index in [1.807, 2.05) is 0 Å². The highest BCUT2D eigenvalue weighted by Crippen LogP contribution is 2.23. The normalized spacial score (nSPS) is 10.1. The largest absolute Gasteiger partial charge is 0.298 e. The summed E-state index contributed by atoms with van der Waals surface area (Å²) in [6.07, 6.45) is 3.34. The molecule has 0 N–H and O–H groups in total. The molecule has 2 rings (SSSR count). The Balaban J connectivity index is 2.58. The molecule has 0 spiro atoms. The van der Waals surface area contributed by atoms with Gasteiger partial charge in [-0.1, -0.05) is 12.1 Å². The number of aromatic nitrogens is 1. The molecule has 2 aromatic rings. The summed E-state index contributed by atoms with van der Waals surface area (Å²) in [6, 6.07) is 5.33. The first-order valence-corrected chi connectivity index (χ1v) is 4.57. The van der Waals surface area contributed by atoms with Gasteiger partial charge in [0.15, 0.2) is 17.9 Å². The van der Waals surface area contributed by atoms with Gasteiger partial charge in [-0.05, 0) is 12.1 Å². The maximum absolute atomic E-state index is 13.4. The second-order valence-corrected chi connectivity index (χ2v) is 3.23. The predicted octanol–water partition coefficient (Wildman–Crippen LogP) is 2.84. The zero-order valence-corrected chi connectivity index (χ0v) is 8.15. The van der Waals surface area contributed by atoms with Crippen LogP contribution in [0.2, 0.25) is 0 Å². The van der Waals surface area contributed by atoms with Gasteiger partial charge in [0.1, 0.15) is 0 Å². The maximum atomic E-state index is 13.4. The fraction of sp³-hybridized carbons (Fsp3) is 0. The van der Waals surface area contributed by atoms with E-state index in [0.29, 0.717) is 17.4 Å². The van der Waals surface area contributed by atoms with E-state index in [-0.39, 0.29) is 5.56 Å². The van der Waals surface area contributed by atoms with Gasteiger partial charge in [0.05, 0.1) is 0 Å². The van der Waals surface area contributed by atoms with E-state index in [1.54, 1.807) is 0 Å². The van der Waals surface area contributed by atoms with Crippen LogP contribution in [-0.4, -0.2) is 11.3 Å². The first kappa shape index (κ1) is 10.4. The van der Waals surface area contributed by atoms with E-state index in [0.717, 1.165) is 6.07 Å². The Morgan fingerprint density at radius 1 is 1.19 bits per heavy atom. The van der Waals surface area contributed by atoms with Crippen LogP contribution in [0.15, 0.2) is 36.7 Å². The van der Waals surface area contributed by atoms with Crippen LogP contribution in [0.1, 0.15) is 10.4 Å². The van der Waals surface area contributed by atoms with E-state index >= 15 is 0 Å². The minimum Gasteiger partial charge on any atom is -0.298 e. The van der Waals surface area contributed by atoms with Crippen molar-refractivity contribution in [2.45, 2.75) is 0 Å². The van der Waals surface area contributed by atoms with Crippen LogP contribution in [0, 0.1) is 11.6 Å². The molecule has 0 aliphatic carbocycles. The van der Waals surface area contributed by atoms with Gasteiger partial charge < -0.3 is 0 Å². The molecule has 0 fully saturated rings. The van der Waals surface area contributed by atoms with Gasteiger partial charge in [-0.2, -0.15) is 0 Å². The summed E-state index contributed by atoms with van der Waals surface area (Å²) in [6.45, 7) is 0. The van der Waals surface area contributed by atoms with Crippen molar-refractivity contribution in [3.8, 4) is 11.1 Å². The third kappa shape index (κ3) is 1.82. The summed E-state index contributed by atoms with van der Waals surface area (Å²) in [5.74, 6) is -1.86. The zero-order valence-electron chi connectivity index (χ0n) is 8.15. The average molecular weight is 219 g/mol. The molecule has 0 saturated heterocycles. The third-order valence-electron chi connectivity index (χ3n) is 2.16. The van der Waals surface area contributed by atoms with Crippen molar-refractivity contribution >= 4 is 6.29 Å². The Bertz CT molecular complexity index is 540. The second kappa shape index (κ2) is 4.18. The molecule has 0 saturated carbocycles. The van der Waals surface area contributed by atoms with E-state index in [4.69, 9.17) is 0 Å². The van der Waals surface area contributed by atoms with E-state index in [9.17, 15) is 13.6 Å². The molecule has 0 aliphatic heterocycles. The van der Waals surface area contributed by atoms with Crippen molar-refractivity contribution in [1.29, 1.82) is 0 Å². The minimum absolute atomic E-state index is 0.0937. The molecule has 0 unspecified atom stereocenters. The smallest absolute Gasteiger partial charge is 0.166 e. The highest BCUT2D eigenvalue weighted by atomic mass is 19.2. The molecule has 0 atom stereocenters. The van der Waals surface area contributed by atoms with Crippen molar-refractivity contribution < 1.29 is 13.6 Å². The molecule has 2 nitrogen and oxygen atoms in total. The lowest BCUT2D eigenvalue weighted by molar-refractivity contribution is 0.112. The Morgan fingerprint density at radius 2 is 2.00 bits per heavy atom. The number of rotatable bonds is 2. The number of carbonyl (C=O) groups excluding carboxylic acids is 1. The van der Waals surface area contributed by atoms with E-state index < -0.39 is 11.6 Å². The number of hydrogen-bond acceptors (Lipinski definition) is 2. The van der Waals surface area contributed by atoms with Crippen LogP contribution in [-0.2, 0) is 0 Å². The van der Waals surface area contributed by atoms with Gasteiger partial charge in [-0.3, -0.25) is 9.78 Å². The third-order valence-corrected chi connectivity index (χ3v) is 2.16. The van der Waals surface area contributed by atoms with Gasteiger partial charge in [0.2, 0.25) is 0 Å². The number of nitrogens with zero attached hydrogens (tertiary/aromatic N) is 1. The summed E-state index contributed by atoms with van der Waals surface area (Å²) < 4.78 is 26.4. The lowest BCUT2D eigenvalue weighted by Gasteiger charge is -2.03. The second-order valence-electron chi connectivity index (χ2n) is 3.23. The summed E-state index contributed by atoms with van der Waals surface area (Å²) in [7, 11) is 0. The quantitative estimate of drug-likeness (QED) is 0.727. The van der Waals surface area contributed by atoms with Gasteiger partial charge in [-0.25, -0.2) is 8.78 Å². The molecule has 4 heteroatoms. The zero-order chi connectivity index (χ0) is 11.5. The molecule has 0 aliphatic rings. The lowest BCUT2D eigenvalue weighted by Crippen LogP contribution is -1.91. The molecule has 1 aromatic carbocycles. The van der Waals surface area contributed by atoms with Crippen LogP contribution >= 0.6 is 0 Å². The molecule has 0 bridgehead atoms. The van der Waals surface area contributed by atoms with Crippen molar-refractivity contribution in [1.82, 2.24) is 4.98 Å². The van der Waals surface area contributed by atoms with Crippen molar-refractivity contribution in [2.75, 3.05) is 0 Å². The number of aldehydes is 1. The number of carbonyl (C=O) groups is 1. The minimum atomic E-state index is -0.938. The Hall–Kier alpha value is -2.10. The maximum Gasteiger partial charge on any atom is 0.166 e. The SMILES string of the molecule is O=Cc1cncc(-c2cccc(F)c2F)c1. The molecule has 80 valence electrons. The highest BCUT2D eigenvalue weighted by Gasteiger charge is 2.09. The Morgan fingerprint density at radius 3 is 2.75 bits per heavy atom. The van der Waals surface area contributed by atoms with Gasteiger partial charge in [0, 0.05) is 29.1 Å². The Kier molecular flexibility index (Phi) is 2.72. The number of benzene rings is 1. The summed E-state index contributed by atoms with van der Waals surface area (Å²) >= 11 is 0. The standard InChI is InChI=1S/C12H7F2NO/c13-11-3-1-2-10(12(11)14)9-4-8(7-16)5-15-6-9/h1-7H. The molecule has 0 amide bonds. The summed E-state index contributed by atoms with van der Waals surface area (Å²) in [5, 5.41) is 0. The van der Waals surface area contributed by atoms with Gasteiger partial charge >= 0.3 is 0 Å². The number of hydrogen-bond donors (Lipinski definition) is 0. The van der Waals surface area contributed by atoms with Crippen LogP contribution in [0.5, 0.6) is 0 Å². The summed E-state index contributed by atoms with van der Waals surface area (Å²) in [5.41, 5.74) is 0.791. The van der Waals surface area contributed by atoms with E-state index in [1.165, 1.54) is 30.6 Å². The van der Waals surface area contributed by atoms with Gasteiger partial charge in [0.25, 0.3) is 0 Å². The Labute approximate surface area is 90.6 Å². The summed E-state index contributed by atoms with van der Waals surface area (Å²) in [4.78, 5) is 14.3. The fourth-order valence-corrected chi connectivity index (χ4v) is 1.40. The number of halogens is 2. The highest BCUT2D eigenvalue weighted by molar-refractivity contribution is 5.78. The van der Waals surface area contributed by atoms with Gasteiger partial charge in [-0.15, -0.1) is 0 Å². The molecular formula is C12H7F2NO. The molecule has 16 heavy (non-hydrogen) atoms. The van der Waals surface area contributed by atoms with Crippen LogP contribution < -0.4 is 0 Å². The predicted molar refractivity (Wildman–Crippen MR) is 55.0 cm³/mol. The fourth-order valence-electron chi connectivity index (χ4n) is 1.40. The van der Waals surface area contributed by atoms with Crippen molar-refractivity contribution in [2.24, 2.45) is 0 Å². The number of pyridine rings is 1. The topological polar surface area (TPSA) is 30.0 Å². The monoisotopic (exact) mass is 219 g/mol. The van der Waals surface area contributed by atoms with Crippen LogP contribution in [0.25, 0.3) is 11.1 Å². The van der Waals surface area contributed by atoms with Crippen molar-refractivity contribution in [3.63, 3.8) is 0 Å². The average Bonchev–Trinajstić information content (AvgIpc) is 2.33. The molecule has 0 radical (unpaired) electrons. The van der Waals surface area contributed by atoms with Crippen LogP contribution in [0.4, 0.5) is 8.78 Å². The van der Waals surface area contributed by atoms with E-state index in [2.05, 4.69) is 4.98 Å². The first-order valence-electron chi connectivity index (χ1n) is 4.57. The first-order chi connectivity index (χ1) is 7.72. The molecular weight excluding hydrogens is 212 g/mol.